The fraction of sp³-hybridized carbons (Fsp3) is 0.875. The van der Waals surface area contributed by atoms with Gasteiger partial charge in [0.1, 0.15) is 0 Å². The van der Waals surface area contributed by atoms with E-state index in [9.17, 15) is 9.59 Å². The number of carbonyl (C=O) groups excluding carboxylic acids is 2. The number of nitrogens with zero attached hydrogens (tertiary/aromatic N) is 3. The Morgan fingerprint density at radius 1 is 1.00 bits per heavy atom. The minimum atomic E-state index is -0.286. The zero-order chi connectivity index (χ0) is 16.8. The molecule has 0 aromatic heterocycles. The topological polar surface area (TPSA) is 81.9 Å². The zero-order valence-electron chi connectivity index (χ0n) is 15.3. The number of hydrogen-bond acceptors (Lipinski definition) is 5. The summed E-state index contributed by atoms with van der Waals surface area (Å²) >= 11 is 0. The molecule has 2 heterocycles. The van der Waals surface area contributed by atoms with Crippen molar-refractivity contribution in [3.8, 4) is 0 Å². The Bertz CT molecular complexity index is 409. The van der Waals surface area contributed by atoms with Gasteiger partial charge in [0.2, 0.25) is 11.8 Å². The first-order chi connectivity index (χ1) is 11.0. The molecule has 2 rings (SSSR count). The molecule has 2 atom stereocenters. The number of halogens is 2. The van der Waals surface area contributed by atoms with Gasteiger partial charge in [-0.05, 0) is 26.7 Å². The molecule has 25 heavy (non-hydrogen) atoms. The van der Waals surface area contributed by atoms with Crippen molar-refractivity contribution in [1.29, 1.82) is 0 Å². The molecule has 2 aliphatic rings. The van der Waals surface area contributed by atoms with Gasteiger partial charge in [0.15, 0.2) is 0 Å². The smallest absolute Gasteiger partial charge is 0.242 e. The van der Waals surface area contributed by atoms with Gasteiger partial charge in [-0.3, -0.25) is 19.4 Å². The minimum Gasteiger partial charge on any atom is -0.346 e. The van der Waals surface area contributed by atoms with Crippen LogP contribution in [0.1, 0.15) is 26.7 Å². The molecule has 7 nitrogen and oxygen atoms in total. The van der Waals surface area contributed by atoms with Crippen LogP contribution in [-0.2, 0) is 9.59 Å². The second-order valence-electron chi connectivity index (χ2n) is 6.72. The summed E-state index contributed by atoms with van der Waals surface area (Å²) in [6.45, 7) is 10.1. The van der Waals surface area contributed by atoms with E-state index in [2.05, 4.69) is 29.0 Å². The number of likely N-dealkylation sites (tertiary alicyclic amines) is 1. The molecular formula is C16H33Cl2N5O2. The standard InChI is InChI=1S/C16H31N5O2.2ClH/c1-13-3-4-14(2)21(13)10-7-19-5-8-20(9-6-19)16(23)12-18-15(22)11-17;;/h13-14H,3-12,17H2,1-2H3,(H,18,22);2*1H. The van der Waals surface area contributed by atoms with Crippen molar-refractivity contribution in [3.63, 3.8) is 0 Å². The third-order valence-electron chi connectivity index (χ3n) is 5.16. The summed E-state index contributed by atoms with van der Waals surface area (Å²) in [4.78, 5) is 30.0. The highest BCUT2D eigenvalue weighted by Gasteiger charge is 2.28. The van der Waals surface area contributed by atoms with Gasteiger partial charge in [-0.1, -0.05) is 0 Å². The van der Waals surface area contributed by atoms with Gasteiger partial charge >= 0.3 is 0 Å². The molecule has 0 aliphatic carbocycles. The van der Waals surface area contributed by atoms with Crippen molar-refractivity contribution < 1.29 is 9.59 Å². The van der Waals surface area contributed by atoms with E-state index in [4.69, 9.17) is 5.73 Å². The largest absolute Gasteiger partial charge is 0.346 e. The molecule has 9 heteroatoms. The predicted molar refractivity (Wildman–Crippen MR) is 104 cm³/mol. The second-order valence-corrected chi connectivity index (χ2v) is 6.72. The first kappa shape index (κ1) is 24.4. The van der Waals surface area contributed by atoms with E-state index < -0.39 is 0 Å². The molecule has 148 valence electrons. The highest BCUT2D eigenvalue weighted by molar-refractivity contribution is 5.86. The third-order valence-corrected chi connectivity index (χ3v) is 5.16. The summed E-state index contributed by atoms with van der Waals surface area (Å²) in [6.07, 6.45) is 2.61. The number of rotatable bonds is 6. The zero-order valence-corrected chi connectivity index (χ0v) is 16.9. The van der Waals surface area contributed by atoms with Crippen LogP contribution in [0.2, 0.25) is 0 Å². The molecule has 2 unspecified atom stereocenters. The Hall–Kier alpha value is -0.600. The lowest BCUT2D eigenvalue weighted by molar-refractivity contribution is -0.134. The molecule has 2 aliphatic heterocycles. The predicted octanol–water partition coefficient (Wildman–Crippen LogP) is -0.0781. The van der Waals surface area contributed by atoms with Gasteiger partial charge in [-0.2, -0.15) is 0 Å². The Balaban J connectivity index is 0.00000288. The lowest BCUT2D eigenvalue weighted by Crippen LogP contribution is -2.52. The second kappa shape index (κ2) is 11.9. The Morgan fingerprint density at radius 3 is 2.08 bits per heavy atom. The number of nitrogens with two attached hydrogens (primary N) is 1. The maximum Gasteiger partial charge on any atom is 0.242 e. The normalized spacial score (nSPS) is 24.4. The molecule has 2 saturated heterocycles. The van der Waals surface area contributed by atoms with Gasteiger partial charge in [-0.15, -0.1) is 24.8 Å². The van der Waals surface area contributed by atoms with E-state index >= 15 is 0 Å². The lowest BCUT2D eigenvalue weighted by atomic mass is 10.2. The fourth-order valence-electron chi connectivity index (χ4n) is 3.53. The average Bonchev–Trinajstić information content (AvgIpc) is 2.89. The quantitative estimate of drug-likeness (QED) is 0.654. The average molecular weight is 398 g/mol. The minimum absolute atomic E-state index is 0. The maximum absolute atomic E-state index is 12.0. The van der Waals surface area contributed by atoms with Gasteiger partial charge in [-0.25, -0.2) is 0 Å². The van der Waals surface area contributed by atoms with Crippen LogP contribution in [0.5, 0.6) is 0 Å². The van der Waals surface area contributed by atoms with Crippen molar-refractivity contribution in [2.75, 3.05) is 52.4 Å². The number of amides is 2. The summed E-state index contributed by atoms with van der Waals surface area (Å²) in [7, 11) is 0. The van der Waals surface area contributed by atoms with Crippen LogP contribution in [0.4, 0.5) is 0 Å². The highest BCUT2D eigenvalue weighted by atomic mass is 35.5. The van der Waals surface area contributed by atoms with E-state index in [1.165, 1.54) is 12.8 Å². The maximum atomic E-state index is 12.0. The van der Waals surface area contributed by atoms with Crippen molar-refractivity contribution >= 4 is 36.6 Å². The summed E-state index contributed by atoms with van der Waals surface area (Å²) in [5.41, 5.74) is 5.21. The van der Waals surface area contributed by atoms with E-state index in [1.807, 2.05) is 4.90 Å². The molecule has 0 spiro atoms. The van der Waals surface area contributed by atoms with Gasteiger partial charge in [0.05, 0.1) is 13.1 Å². The van der Waals surface area contributed by atoms with Crippen LogP contribution in [-0.4, -0.2) is 91.0 Å². The molecule has 2 amide bonds. The third kappa shape index (κ3) is 7.27. The molecular weight excluding hydrogens is 365 g/mol. The van der Waals surface area contributed by atoms with Crippen LogP contribution in [0.15, 0.2) is 0 Å². The molecule has 2 fully saturated rings. The van der Waals surface area contributed by atoms with Crippen LogP contribution < -0.4 is 11.1 Å². The highest BCUT2D eigenvalue weighted by Crippen LogP contribution is 2.22. The van der Waals surface area contributed by atoms with Crippen molar-refractivity contribution in [2.24, 2.45) is 5.73 Å². The van der Waals surface area contributed by atoms with Gasteiger partial charge < -0.3 is 16.0 Å². The van der Waals surface area contributed by atoms with Crippen LogP contribution in [0.3, 0.4) is 0 Å². The number of hydrogen-bond donors (Lipinski definition) is 2. The van der Waals surface area contributed by atoms with Crippen molar-refractivity contribution in [3.05, 3.63) is 0 Å². The Kier molecular flexibility index (Phi) is 11.6. The van der Waals surface area contributed by atoms with E-state index in [0.29, 0.717) is 12.1 Å². The summed E-state index contributed by atoms with van der Waals surface area (Å²) < 4.78 is 0. The first-order valence-electron chi connectivity index (χ1n) is 8.74. The summed E-state index contributed by atoms with van der Waals surface area (Å²) in [6, 6.07) is 1.39. The first-order valence-corrected chi connectivity index (χ1v) is 8.74. The Labute approximate surface area is 163 Å². The molecule has 0 aromatic rings. The molecule has 0 bridgehead atoms. The number of piperazine rings is 1. The summed E-state index contributed by atoms with van der Waals surface area (Å²) in [5.74, 6) is -0.306. The van der Waals surface area contributed by atoms with Crippen LogP contribution in [0.25, 0.3) is 0 Å². The molecule has 0 radical (unpaired) electrons. The monoisotopic (exact) mass is 397 g/mol. The number of carbonyl (C=O) groups is 2. The lowest BCUT2D eigenvalue weighted by Gasteiger charge is -2.36. The van der Waals surface area contributed by atoms with E-state index in [0.717, 1.165) is 39.3 Å². The van der Waals surface area contributed by atoms with E-state index in [-0.39, 0.29) is 49.7 Å². The summed E-state index contributed by atoms with van der Waals surface area (Å²) in [5, 5.41) is 2.54. The SMILES string of the molecule is CC1CCC(C)N1CCN1CCN(C(=O)CNC(=O)CN)CC1.Cl.Cl. The van der Waals surface area contributed by atoms with Gasteiger partial charge in [0.25, 0.3) is 0 Å². The van der Waals surface area contributed by atoms with Crippen molar-refractivity contribution in [1.82, 2.24) is 20.0 Å². The van der Waals surface area contributed by atoms with Crippen LogP contribution >= 0.6 is 24.8 Å². The van der Waals surface area contributed by atoms with Gasteiger partial charge in [0, 0.05) is 51.4 Å². The van der Waals surface area contributed by atoms with Crippen LogP contribution in [0, 0.1) is 0 Å². The van der Waals surface area contributed by atoms with E-state index in [1.54, 1.807) is 0 Å². The number of nitrogens with one attached hydrogen (secondary N) is 1. The molecule has 3 N–H and O–H groups in total. The molecule has 0 aromatic carbocycles. The van der Waals surface area contributed by atoms with Crippen molar-refractivity contribution in [2.45, 2.75) is 38.8 Å². The fourth-order valence-corrected chi connectivity index (χ4v) is 3.53. The molecule has 0 saturated carbocycles. The Morgan fingerprint density at radius 2 is 1.56 bits per heavy atom.